The molecule has 4 rings (SSSR count). The smallest absolute Gasteiger partial charge is 0.208 e. The van der Waals surface area contributed by atoms with Gasteiger partial charge in [-0.1, -0.05) is 35.4 Å². The third-order valence-corrected chi connectivity index (χ3v) is 8.14. The molecule has 1 aliphatic heterocycles. The number of benzene rings is 3. The Labute approximate surface area is 247 Å². The molecule has 0 aliphatic carbocycles. The fraction of sp³-hybridized carbons (Fsp3) is 0.344. The monoisotopic (exact) mass is 654 g/mol. The van der Waals surface area contributed by atoms with E-state index in [0.717, 1.165) is 18.7 Å². The van der Waals surface area contributed by atoms with Gasteiger partial charge in [-0.15, -0.1) is 0 Å². The van der Waals surface area contributed by atoms with E-state index in [4.69, 9.17) is 24.1 Å². The summed E-state index contributed by atoms with van der Waals surface area (Å²) in [5.41, 5.74) is 11.8. The molecule has 0 N–H and O–H groups in total. The maximum Gasteiger partial charge on any atom is 0.208 e. The number of rotatable bonds is 5. The molecule has 3 aromatic carbocycles. The Bertz CT molecular complexity index is 1260. The normalized spacial score (nSPS) is 13.3. The quantitative estimate of drug-likeness (QED) is 0.205. The molecule has 1 heterocycles. The van der Waals surface area contributed by atoms with Gasteiger partial charge < -0.3 is 9.80 Å². The van der Waals surface area contributed by atoms with E-state index in [9.17, 15) is 4.79 Å². The summed E-state index contributed by atoms with van der Waals surface area (Å²) >= 11 is -1.93. The minimum atomic E-state index is -1.93. The van der Waals surface area contributed by atoms with E-state index >= 15 is 0 Å². The first-order valence-electron chi connectivity index (χ1n) is 13.0. The van der Waals surface area contributed by atoms with Crippen molar-refractivity contribution in [2.75, 3.05) is 22.9 Å². The topological polar surface area (TPSA) is 32.8 Å². The minimum absolute atomic E-state index is 0.138. The molecule has 0 unspecified atom stereocenters. The SMILES string of the molecule is CC(C)OC(=O)c1ccccc1[CH]=[Ru]([Cl])[Cl].Cc1cc(C)c(N2[C]N(c3c(C)cc(C)cc3C)CC2)c(C)c1. The molecular weight excluding hydrogens is 616 g/mol. The van der Waals surface area contributed by atoms with E-state index in [-0.39, 0.29) is 12.1 Å². The Morgan fingerprint density at radius 1 is 0.846 bits per heavy atom. The summed E-state index contributed by atoms with van der Waals surface area (Å²) in [6.45, 7) is 22.3. The number of hydrogen-bond donors (Lipinski definition) is 0. The third kappa shape index (κ3) is 8.40. The molecular formula is C32H38Cl2N2O2Ru. The van der Waals surface area contributed by atoms with Crippen molar-refractivity contribution in [3.8, 4) is 0 Å². The van der Waals surface area contributed by atoms with E-state index < -0.39 is 13.5 Å². The van der Waals surface area contributed by atoms with Crippen LogP contribution in [-0.2, 0) is 18.3 Å². The van der Waals surface area contributed by atoms with Crippen molar-refractivity contribution in [3.63, 3.8) is 0 Å². The van der Waals surface area contributed by atoms with E-state index in [1.807, 2.05) is 26.0 Å². The summed E-state index contributed by atoms with van der Waals surface area (Å²) < 4.78 is 6.87. The molecule has 1 saturated heterocycles. The molecule has 2 radical (unpaired) electrons. The standard InChI is InChI=1S/C21H26N2.C11H12O2.2ClH.Ru/c1-14-9-16(3)20(17(4)10-14)22-7-8-23(13-22)21-18(5)11-15(2)12-19(21)6;1-8(2)13-11(12)10-7-5-4-6-9(10)3;;;/h9-12H,7-8H2,1-6H3;3-8H,1-2H3;2*1H;/q;;;;+2/p-2. The second-order valence-electron chi connectivity index (χ2n) is 10.2. The number of carbonyl (C=O) groups excluding carboxylic acids is 1. The van der Waals surface area contributed by atoms with Gasteiger partial charge >= 0.3 is 108 Å². The van der Waals surface area contributed by atoms with Crippen LogP contribution in [0.25, 0.3) is 0 Å². The Balaban J connectivity index is 0.000000231. The van der Waals surface area contributed by atoms with Crippen LogP contribution in [0.3, 0.4) is 0 Å². The van der Waals surface area contributed by atoms with Crippen molar-refractivity contribution >= 4 is 41.3 Å². The van der Waals surface area contributed by atoms with Gasteiger partial charge in [-0.05, 0) is 63.8 Å². The fourth-order valence-corrected chi connectivity index (χ4v) is 6.93. The number of carbonyl (C=O) groups is 1. The first-order valence-corrected chi connectivity index (χ1v) is 18.5. The summed E-state index contributed by atoms with van der Waals surface area (Å²) in [6.07, 6.45) is -0.138. The van der Waals surface area contributed by atoms with Gasteiger partial charge in [-0.3, -0.25) is 0 Å². The minimum Gasteiger partial charge on any atom is -0.339 e. The van der Waals surface area contributed by atoms with Gasteiger partial charge in [0.2, 0.25) is 6.67 Å². The zero-order valence-corrected chi connectivity index (χ0v) is 27.3. The van der Waals surface area contributed by atoms with Crippen molar-refractivity contribution in [2.45, 2.75) is 61.5 Å². The van der Waals surface area contributed by atoms with E-state index in [1.54, 1.807) is 16.7 Å². The van der Waals surface area contributed by atoms with Gasteiger partial charge in [0.15, 0.2) is 0 Å². The maximum absolute atomic E-state index is 11.7. The summed E-state index contributed by atoms with van der Waals surface area (Å²) in [7, 11) is 11.6. The predicted molar refractivity (Wildman–Crippen MR) is 163 cm³/mol. The fourth-order valence-electron chi connectivity index (χ4n) is 5.10. The zero-order valence-electron chi connectivity index (χ0n) is 24.0. The number of hydrogen-bond acceptors (Lipinski definition) is 4. The summed E-state index contributed by atoms with van der Waals surface area (Å²) in [6, 6.07) is 16.2. The summed E-state index contributed by atoms with van der Waals surface area (Å²) in [4.78, 5) is 16.3. The second-order valence-corrected chi connectivity index (χ2v) is 16.0. The van der Waals surface area contributed by atoms with Crippen molar-refractivity contribution in [1.82, 2.24) is 0 Å². The van der Waals surface area contributed by atoms with Crippen molar-refractivity contribution in [2.24, 2.45) is 0 Å². The van der Waals surface area contributed by atoms with Crippen LogP contribution in [0, 0.1) is 48.2 Å². The van der Waals surface area contributed by atoms with Crippen LogP contribution in [0.15, 0.2) is 48.5 Å². The Hall–Kier alpha value is -2.20. The molecule has 4 nitrogen and oxygen atoms in total. The van der Waals surface area contributed by atoms with Crippen LogP contribution >= 0.6 is 19.4 Å². The average molecular weight is 655 g/mol. The van der Waals surface area contributed by atoms with E-state index in [1.165, 1.54) is 44.8 Å². The van der Waals surface area contributed by atoms with Crippen molar-refractivity contribution < 1.29 is 23.0 Å². The van der Waals surface area contributed by atoms with Crippen LogP contribution in [-0.4, -0.2) is 29.8 Å². The van der Waals surface area contributed by atoms with Gasteiger partial charge in [-0.2, -0.15) is 0 Å². The van der Waals surface area contributed by atoms with Crippen LogP contribution in [0.2, 0.25) is 0 Å². The number of ether oxygens (including phenoxy) is 1. The molecule has 0 amide bonds. The molecule has 39 heavy (non-hydrogen) atoms. The molecule has 1 aliphatic rings. The molecule has 3 aromatic rings. The Kier molecular flexibility index (Phi) is 11.2. The van der Waals surface area contributed by atoms with Crippen LogP contribution < -0.4 is 9.80 Å². The van der Waals surface area contributed by atoms with Crippen LogP contribution in [0.4, 0.5) is 11.4 Å². The summed E-state index contributed by atoms with van der Waals surface area (Å²) in [5, 5.41) is 0. The van der Waals surface area contributed by atoms with Crippen LogP contribution in [0.1, 0.15) is 63.1 Å². The summed E-state index contributed by atoms with van der Waals surface area (Å²) in [5.74, 6) is -0.342. The van der Waals surface area contributed by atoms with Gasteiger partial charge in [0.1, 0.15) is 0 Å². The van der Waals surface area contributed by atoms with Crippen molar-refractivity contribution in [3.05, 3.63) is 99.7 Å². The predicted octanol–water partition coefficient (Wildman–Crippen LogP) is 8.19. The Morgan fingerprint density at radius 2 is 1.28 bits per heavy atom. The zero-order chi connectivity index (χ0) is 28.9. The average Bonchev–Trinajstić information content (AvgIpc) is 3.26. The van der Waals surface area contributed by atoms with Gasteiger partial charge in [0, 0.05) is 24.5 Å². The second kappa shape index (κ2) is 13.9. The maximum atomic E-state index is 11.7. The van der Waals surface area contributed by atoms with Crippen LogP contribution in [0.5, 0.6) is 0 Å². The number of aryl methyl sites for hydroxylation is 6. The first-order chi connectivity index (χ1) is 18.4. The molecule has 0 spiro atoms. The van der Waals surface area contributed by atoms with Gasteiger partial charge in [0.25, 0.3) is 0 Å². The van der Waals surface area contributed by atoms with Gasteiger partial charge in [-0.25, -0.2) is 0 Å². The molecule has 1 fully saturated rings. The largest absolute Gasteiger partial charge is 0.339 e. The molecule has 0 aromatic heterocycles. The van der Waals surface area contributed by atoms with E-state index in [0.29, 0.717) is 5.56 Å². The molecule has 0 saturated carbocycles. The Morgan fingerprint density at radius 3 is 1.69 bits per heavy atom. The molecule has 0 bridgehead atoms. The first kappa shape index (κ1) is 31.3. The number of esters is 1. The van der Waals surface area contributed by atoms with Crippen molar-refractivity contribution in [1.29, 1.82) is 0 Å². The molecule has 7 heteroatoms. The van der Waals surface area contributed by atoms with E-state index in [2.05, 4.69) is 82.3 Å². The van der Waals surface area contributed by atoms with Gasteiger partial charge in [0.05, 0.1) is 0 Å². The number of halogens is 2. The molecule has 0 atom stereocenters. The number of anilines is 2. The number of nitrogens with zero attached hydrogens (tertiary/aromatic N) is 2. The molecule has 210 valence electrons. The third-order valence-electron chi connectivity index (χ3n) is 6.31.